The molecule has 2 bridgehead atoms. The molecule has 2 fully saturated rings. The van der Waals surface area contributed by atoms with Crippen LogP contribution in [0.5, 0.6) is 0 Å². The van der Waals surface area contributed by atoms with Gasteiger partial charge in [0.1, 0.15) is 0 Å². The summed E-state index contributed by atoms with van der Waals surface area (Å²) in [6, 6.07) is 3.89. The summed E-state index contributed by atoms with van der Waals surface area (Å²) in [5.74, 6) is -0.728. The maximum atomic E-state index is 12.7. The Morgan fingerprint density at radius 2 is 2.08 bits per heavy atom. The fraction of sp³-hybridized carbons (Fsp3) is 0.438. The van der Waals surface area contributed by atoms with Gasteiger partial charge in [-0.1, -0.05) is 0 Å². The zero-order valence-corrected chi connectivity index (χ0v) is 13.3. The van der Waals surface area contributed by atoms with Gasteiger partial charge in [0.25, 0.3) is 11.6 Å². The Kier molecular flexibility index (Phi) is 3.45. The lowest BCUT2D eigenvalue weighted by Gasteiger charge is -2.29. The molecule has 0 aliphatic heterocycles. The minimum Gasteiger partial charge on any atom is -0.369 e. The Hall–Kier alpha value is -2.97. The molecule has 1 aromatic carbocycles. The van der Waals surface area contributed by atoms with Crippen molar-refractivity contribution in [1.82, 2.24) is 15.5 Å². The molecule has 130 valence electrons. The molecule has 9 nitrogen and oxygen atoms in total. The van der Waals surface area contributed by atoms with Crippen molar-refractivity contribution in [3.8, 4) is 0 Å². The summed E-state index contributed by atoms with van der Waals surface area (Å²) in [5, 5.41) is 20.9. The number of nitrogens with two attached hydrogens (primary N) is 1. The van der Waals surface area contributed by atoms with E-state index in [0.717, 1.165) is 19.3 Å². The van der Waals surface area contributed by atoms with Gasteiger partial charge in [-0.25, -0.2) is 0 Å². The fourth-order valence-corrected chi connectivity index (χ4v) is 4.42. The molecule has 0 spiro atoms. The van der Waals surface area contributed by atoms with Gasteiger partial charge in [-0.05, 0) is 37.2 Å². The van der Waals surface area contributed by atoms with Gasteiger partial charge in [0, 0.05) is 23.6 Å². The van der Waals surface area contributed by atoms with E-state index in [1.54, 1.807) is 0 Å². The van der Waals surface area contributed by atoms with Gasteiger partial charge in [-0.2, -0.15) is 5.10 Å². The Morgan fingerprint density at radius 3 is 2.80 bits per heavy atom. The average molecular weight is 343 g/mol. The first-order valence-electron chi connectivity index (χ1n) is 8.18. The van der Waals surface area contributed by atoms with E-state index in [1.165, 1.54) is 18.2 Å². The van der Waals surface area contributed by atoms with E-state index in [1.807, 2.05) is 0 Å². The van der Waals surface area contributed by atoms with Crippen LogP contribution in [0.4, 0.5) is 5.69 Å². The number of nitrogens with zero attached hydrogens (tertiary/aromatic N) is 2. The number of nitrogens with one attached hydrogen (secondary N) is 2. The standard InChI is InChI=1S/C16H17N5O4/c17-15(22)12-7-1-2-8(5-7)13(12)18-16(23)14-10-6-9(21(24)25)3-4-11(10)19-20-14/h3-4,6-8,12-13H,1-2,5H2,(H2,17,22)(H,18,23)(H,19,20)/t7-,8-,12-,13+/m0/s1. The molecule has 0 unspecified atom stereocenters. The van der Waals surface area contributed by atoms with Crippen LogP contribution in [0.15, 0.2) is 18.2 Å². The molecule has 25 heavy (non-hydrogen) atoms. The van der Waals surface area contributed by atoms with E-state index >= 15 is 0 Å². The van der Waals surface area contributed by atoms with E-state index in [0.29, 0.717) is 10.9 Å². The van der Waals surface area contributed by atoms with Gasteiger partial charge in [-0.15, -0.1) is 0 Å². The molecule has 4 N–H and O–H groups in total. The maximum Gasteiger partial charge on any atom is 0.272 e. The molecule has 2 aliphatic rings. The topological polar surface area (TPSA) is 144 Å². The van der Waals surface area contributed by atoms with Crippen molar-refractivity contribution in [3.63, 3.8) is 0 Å². The van der Waals surface area contributed by atoms with Gasteiger partial charge in [-0.3, -0.25) is 24.8 Å². The number of carbonyl (C=O) groups excluding carboxylic acids is 2. The third-order valence-corrected chi connectivity index (χ3v) is 5.51. The number of hydrogen-bond donors (Lipinski definition) is 3. The van der Waals surface area contributed by atoms with Gasteiger partial charge < -0.3 is 11.1 Å². The van der Waals surface area contributed by atoms with Gasteiger partial charge >= 0.3 is 0 Å². The van der Waals surface area contributed by atoms with E-state index in [-0.39, 0.29) is 41.1 Å². The minimum atomic E-state index is -0.521. The number of fused-ring (bicyclic) bond motifs is 3. The lowest BCUT2D eigenvalue weighted by molar-refractivity contribution is -0.384. The van der Waals surface area contributed by atoms with Gasteiger partial charge in [0.2, 0.25) is 5.91 Å². The van der Waals surface area contributed by atoms with E-state index in [2.05, 4.69) is 15.5 Å². The van der Waals surface area contributed by atoms with Gasteiger partial charge in [0.05, 0.1) is 16.4 Å². The zero-order valence-electron chi connectivity index (χ0n) is 13.3. The quantitative estimate of drug-likeness (QED) is 0.562. The van der Waals surface area contributed by atoms with Crippen LogP contribution in [0, 0.1) is 27.9 Å². The first-order valence-corrected chi connectivity index (χ1v) is 8.18. The first-order chi connectivity index (χ1) is 12.0. The molecule has 2 saturated carbocycles. The molecule has 4 rings (SSSR count). The molecule has 2 aliphatic carbocycles. The fourth-order valence-electron chi connectivity index (χ4n) is 4.42. The second-order valence-corrected chi connectivity index (χ2v) is 6.82. The van der Waals surface area contributed by atoms with Crippen LogP contribution in [0.3, 0.4) is 0 Å². The van der Waals surface area contributed by atoms with Crippen LogP contribution in [0.1, 0.15) is 29.8 Å². The normalized spacial score (nSPS) is 27.5. The second-order valence-electron chi connectivity index (χ2n) is 6.82. The third-order valence-electron chi connectivity index (χ3n) is 5.51. The summed E-state index contributed by atoms with van der Waals surface area (Å²) in [7, 11) is 0. The van der Waals surface area contributed by atoms with Crippen molar-refractivity contribution in [2.45, 2.75) is 25.3 Å². The molecular formula is C16H17N5O4. The van der Waals surface area contributed by atoms with Crippen LogP contribution >= 0.6 is 0 Å². The summed E-state index contributed by atoms with van der Waals surface area (Å²) >= 11 is 0. The number of nitro groups is 1. The van der Waals surface area contributed by atoms with Crippen molar-refractivity contribution in [2.75, 3.05) is 0 Å². The predicted molar refractivity (Wildman–Crippen MR) is 87.5 cm³/mol. The van der Waals surface area contributed by atoms with E-state index < -0.39 is 10.8 Å². The third kappa shape index (κ3) is 2.43. The molecule has 4 atom stereocenters. The molecule has 1 heterocycles. The number of benzene rings is 1. The van der Waals surface area contributed by atoms with Crippen LogP contribution in [-0.2, 0) is 4.79 Å². The van der Waals surface area contributed by atoms with Gasteiger partial charge in [0.15, 0.2) is 5.69 Å². The maximum absolute atomic E-state index is 12.7. The smallest absolute Gasteiger partial charge is 0.272 e. The molecular weight excluding hydrogens is 326 g/mol. The number of non-ortho nitro benzene ring substituents is 1. The summed E-state index contributed by atoms with van der Waals surface area (Å²) in [4.78, 5) is 34.9. The Balaban J connectivity index is 1.63. The van der Waals surface area contributed by atoms with Crippen molar-refractivity contribution in [3.05, 3.63) is 34.0 Å². The summed E-state index contributed by atoms with van der Waals surface area (Å²) in [6.07, 6.45) is 2.82. The number of carbonyl (C=O) groups is 2. The van der Waals surface area contributed by atoms with Crippen molar-refractivity contribution < 1.29 is 14.5 Å². The highest BCUT2D eigenvalue weighted by molar-refractivity contribution is 6.05. The zero-order chi connectivity index (χ0) is 17.7. The largest absolute Gasteiger partial charge is 0.369 e. The van der Waals surface area contributed by atoms with Crippen LogP contribution in [-0.4, -0.2) is 33.0 Å². The van der Waals surface area contributed by atoms with Crippen molar-refractivity contribution in [2.24, 2.45) is 23.5 Å². The number of aromatic amines is 1. The van der Waals surface area contributed by atoms with Crippen molar-refractivity contribution >= 4 is 28.4 Å². The number of amides is 2. The summed E-state index contributed by atoms with van der Waals surface area (Å²) < 4.78 is 0. The Labute approximate surface area is 142 Å². The van der Waals surface area contributed by atoms with Crippen LogP contribution in [0.25, 0.3) is 10.9 Å². The van der Waals surface area contributed by atoms with E-state index in [4.69, 9.17) is 5.73 Å². The summed E-state index contributed by atoms with van der Waals surface area (Å²) in [6.45, 7) is 0. The number of H-pyrrole nitrogens is 1. The first kappa shape index (κ1) is 15.6. The number of aromatic nitrogens is 2. The summed E-state index contributed by atoms with van der Waals surface area (Å²) in [5.41, 5.74) is 6.04. The number of primary amides is 1. The average Bonchev–Trinajstić information content (AvgIpc) is 3.27. The molecule has 0 radical (unpaired) electrons. The van der Waals surface area contributed by atoms with E-state index in [9.17, 15) is 19.7 Å². The van der Waals surface area contributed by atoms with Crippen LogP contribution < -0.4 is 11.1 Å². The molecule has 2 amide bonds. The minimum absolute atomic E-state index is 0.0877. The number of hydrogen-bond acceptors (Lipinski definition) is 5. The lowest BCUT2D eigenvalue weighted by Crippen LogP contribution is -2.48. The predicted octanol–water partition coefficient (Wildman–Crippen LogP) is 1.10. The Morgan fingerprint density at radius 1 is 1.32 bits per heavy atom. The molecule has 2 aromatic rings. The van der Waals surface area contributed by atoms with Crippen molar-refractivity contribution in [1.29, 1.82) is 0 Å². The number of nitro benzene ring substituents is 1. The highest BCUT2D eigenvalue weighted by atomic mass is 16.6. The molecule has 9 heteroatoms. The monoisotopic (exact) mass is 343 g/mol. The highest BCUT2D eigenvalue weighted by Crippen LogP contribution is 2.48. The Bertz CT molecular complexity index is 892. The SMILES string of the molecule is NC(=O)[C@H]1[C@H]2CC[C@@H](C2)[C@H]1NC(=O)c1n[nH]c2ccc([N+](=O)[O-])cc12. The molecule has 0 saturated heterocycles. The molecule has 1 aromatic heterocycles. The van der Waals surface area contributed by atoms with Crippen LogP contribution in [0.2, 0.25) is 0 Å². The highest BCUT2D eigenvalue weighted by Gasteiger charge is 2.50. The number of rotatable bonds is 4. The lowest BCUT2D eigenvalue weighted by atomic mass is 9.84. The second kappa shape index (κ2) is 5.54.